The maximum atomic E-state index is 10.9. The van der Waals surface area contributed by atoms with Crippen molar-refractivity contribution in [3.63, 3.8) is 0 Å². The first kappa shape index (κ1) is 10.7. The summed E-state index contributed by atoms with van der Waals surface area (Å²) in [6, 6.07) is 0. The number of carbonyl (C=O) groups is 1. The largest absolute Gasteiger partial charge is 0.373 e. The number of nitrogens with zero attached hydrogens (tertiary/aromatic N) is 1. The minimum absolute atomic E-state index is 0.225. The summed E-state index contributed by atoms with van der Waals surface area (Å²) in [5.74, 6) is 0. The number of hydrogen-bond donors (Lipinski definition) is 0. The molecule has 0 unspecified atom stereocenters. The molecule has 2 atom stereocenters. The highest BCUT2D eigenvalue weighted by atomic mass is 16.5. The molecule has 0 radical (unpaired) electrons. The van der Waals surface area contributed by atoms with Crippen LogP contribution in [0.4, 0.5) is 0 Å². The lowest BCUT2D eigenvalue weighted by molar-refractivity contribution is -0.128. The van der Waals surface area contributed by atoms with Crippen LogP contribution >= 0.6 is 0 Å². The Kier molecular flexibility index (Phi) is 3.09. The number of morpholine rings is 1. The maximum Gasteiger partial charge on any atom is 0.139 e. The first-order valence-electron chi connectivity index (χ1n) is 4.82. The molecule has 3 nitrogen and oxygen atoms in total. The summed E-state index contributed by atoms with van der Waals surface area (Å²) in [6.07, 6.45) is 1.46. The summed E-state index contributed by atoms with van der Waals surface area (Å²) in [5, 5.41) is 0. The zero-order valence-corrected chi connectivity index (χ0v) is 8.91. The van der Waals surface area contributed by atoms with Crippen molar-refractivity contribution in [2.24, 2.45) is 0 Å². The molecule has 0 spiro atoms. The second-order valence-corrected chi connectivity index (χ2v) is 4.43. The summed E-state index contributed by atoms with van der Waals surface area (Å²) in [4.78, 5) is 13.0. The summed E-state index contributed by atoms with van der Waals surface area (Å²) < 4.78 is 5.60. The van der Waals surface area contributed by atoms with E-state index in [2.05, 4.69) is 4.90 Å². The Balaban J connectivity index is 2.64. The third kappa shape index (κ3) is 2.51. The Hall–Kier alpha value is -0.410. The number of hydrogen-bond acceptors (Lipinski definition) is 3. The van der Waals surface area contributed by atoms with Crippen molar-refractivity contribution >= 4 is 6.29 Å². The van der Waals surface area contributed by atoms with Gasteiger partial charge in [-0.1, -0.05) is 0 Å². The molecule has 76 valence electrons. The van der Waals surface area contributed by atoms with Crippen molar-refractivity contribution in [2.75, 3.05) is 13.1 Å². The van der Waals surface area contributed by atoms with Gasteiger partial charge in [-0.25, -0.2) is 0 Å². The van der Waals surface area contributed by atoms with Crippen LogP contribution in [0.5, 0.6) is 0 Å². The van der Waals surface area contributed by atoms with E-state index in [1.165, 1.54) is 0 Å². The number of ether oxygens (including phenoxy) is 1. The first-order valence-corrected chi connectivity index (χ1v) is 4.82. The predicted molar refractivity (Wildman–Crippen MR) is 51.7 cm³/mol. The van der Waals surface area contributed by atoms with Crippen molar-refractivity contribution in [1.82, 2.24) is 4.90 Å². The normalized spacial score (nSPS) is 31.7. The molecule has 1 rings (SSSR count). The van der Waals surface area contributed by atoms with E-state index < -0.39 is 0 Å². The van der Waals surface area contributed by atoms with Crippen LogP contribution in [0.25, 0.3) is 0 Å². The third-order valence-corrected chi connectivity index (χ3v) is 2.52. The summed E-state index contributed by atoms with van der Waals surface area (Å²) in [7, 11) is 0. The van der Waals surface area contributed by atoms with Crippen LogP contribution in [0.15, 0.2) is 0 Å². The molecule has 1 aliphatic heterocycles. The van der Waals surface area contributed by atoms with E-state index >= 15 is 0 Å². The van der Waals surface area contributed by atoms with Crippen LogP contribution in [-0.4, -0.2) is 42.0 Å². The fraction of sp³-hybridized carbons (Fsp3) is 0.900. The zero-order valence-electron chi connectivity index (χ0n) is 8.91. The Labute approximate surface area is 80.1 Å². The zero-order chi connectivity index (χ0) is 10.1. The van der Waals surface area contributed by atoms with E-state index in [0.717, 1.165) is 19.4 Å². The fourth-order valence-corrected chi connectivity index (χ4v) is 1.72. The average molecular weight is 185 g/mol. The van der Waals surface area contributed by atoms with Gasteiger partial charge in [0, 0.05) is 13.1 Å². The van der Waals surface area contributed by atoms with E-state index in [9.17, 15) is 4.79 Å². The van der Waals surface area contributed by atoms with Gasteiger partial charge in [0.25, 0.3) is 0 Å². The lowest BCUT2D eigenvalue weighted by atomic mass is 10.0. The molecule has 0 aliphatic carbocycles. The SMILES string of the molecule is C[C@@H]1CN(C(C)(C)C=O)C[C@H](C)O1. The third-order valence-electron chi connectivity index (χ3n) is 2.52. The number of carbonyl (C=O) groups excluding carboxylic acids is 1. The summed E-state index contributed by atoms with van der Waals surface area (Å²) >= 11 is 0. The molecule has 0 bridgehead atoms. The van der Waals surface area contributed by atoms with Crippen molar-refractivity contribution in [2.45, 2.75) is 45.4 Å². The number of rotatable bonds is 2. The molecule has 1 heterocycles. The van der Waals surface area contributed by atoms with Gasteiger partial charge in [0.15, 0.2) is 0 Å². The van der Waals surface area contributed by atoms with Gasteiger partial charge in [0.1, 0.15) is 6.29 Å². The highest BCUT2D eigenvalue weighted by molar-refractivity contribution is 5.62. The molecule has 1 saturated heterocycles. The van der Waals surface area contributed by atoms with Gasteiger partial charge in [-0.3, -0.25) is 4.90 Å². The topological polar surface area (TPSA) is 29.5 Å². The minimum Gasteiger partial charge on any atom is -0.373 e. The molecule has 0 amide bonds. The molecular weight excluding hydrogens is 166 g/mol. The monoisotopic (exact) mass is 185 g/mol. The van der Waals surface area contributed by atoms with Gasteiger partial charge < -0.3 is 9.53 Å². The molecule has 0 aromatic carbocycles. The van der Waals surface area contributed by atoms with E-state index in [4.69, 9.17) is 4.74 Å². The quantitative estimate of drug-likeness (QED) is 0.603. The molecule has 3 heteroatoms. The van der Waals surface area contributed by atoms with Gasteiger partial charge in [-0.2, -0.15) is 0 Å². The lowest BCUT2D eigenvalue weighted by Gasteiger charge is -2.42. The Morgan fingerprint density at radius 3 is 2.15 bits per heavy atom. The molecule has 1 fully saturated rings. The molecule has 0 saturated carbocycles. The van der Waals surface area contributed by atoms with Crippen LogP contribution < -0.4 is 0 Å². The summed E-state index contributed by atoms with van der Waals surface area (Å²) in [6.45, 7) is 9.68. The predicted octanol–water partition coefficient (Wildman–Crippen LogP) is 1.07. The van der Waals surface area contributed by atoms with Gasteiger partial charge in [-0.05, 0) is 27.7 Å². The minimum atomic E-state index is -0.355. The standard InChI is InChI=1S/C10H19NO2/c1-8-5-11(6-9(2)13-8)10(3,4)7-12/h7-9H,5-6H2,1-4H3/t8-,9+. The van der Waals surface area contributed by atoms with E-state index in [1.807, 2.05) is 27.7 Å². The molecular formula is C10H19NO2. The van der Waals surface area contributed by atoms with Crippen molar-refractivity contribution < 1.29 is 9.53 Å². The fourth-order valence-electron chi connectivity index (χ4n) is 1.72. The Morgan fingerprint density at radius 1 is 1.31 bits per heavy atom. The Bertz CT molecular complexity index is 181. The average Bonchev–Trinajstić information content (AvgIpc) is 2.02. The van der Waals surface area contributed by atoms with Crippen LogP contribution in [0, 0.1) is 0 Å². The molecule has 1 aliphatic rings. The van der Waals surface area contributed by atoms with Crippen molar-refractivity contribution in [3.8, 4) is 0 Å². The number of aldehydes is 1. The van der Waals surface area contributed by atoms with Gasteiger partial charge in [0.2, 0.25) is 0 Å². The highest BCUT2D eigenvalue weighted by Gasteiger charge is 2.32. The van der Waals surface area contributed by atoms with Crippen LogP contribution in [0.2, 0.25) is 0 Å². The van der Waals surface area contributed by atoms with E-state index in [0.29, 0.717) is 0 Å². The lowest BCUT2D eigenvalue weighted by Crippen LogP contribution is -2.55. The van der Waals surface area contributed by atoms with Crippen LogP contribution in [-0.2, 0) is 9.53 Å². The maximum absolute atomic E-state index is 10.9. The first-order chi connectivity index (χ1) is 5.95. The van der Waals surface area contributed by atoms with Gasteiger partial charge in [0.05, 0.1) is 17.7 Å². The van der Waals surface area contributed by atoms with Gasteiger partial charge in [-0.15, -0.1) is 0 Å². The molecule has 0 aromatic heterocycles. The van der Waals surface area contributed by atoms with Crippen LogP contribution in [0.1, 0.15) is 27.7 Å². The molecule has 0 aromatic rings. The second-order valence-electron chi connectivity index (χ2n) is 4.43. The molecule has 13 heavy (non-hydrogen) atoms. The van der Waals surface area contributed by atoms with E-state index in [-0.39, 0.29) is 17.7 Å². The smallest absolute Gasteiger partial charge is 0.139 e. The van der Waals surface area contributed by atoms with Gasteiger partial charge >= 0.3 is 0 Å². The highest BCUT2D eigenvalue weighted by Crippen LogP contribution is 2.19. The van der Waals surface area contributed by atoms with Crippen molar-refractivity contribution in [1.29, 1.82) is 0 Å². The van der Waals surface area contributed by atoms with Crippen molar-refractivity contribution in [3.05, 3.63) is 0 Å². The van der Waals surface area contributed by atoms with Crippen LogP contribution in [0.3, 0.4) is 0 Å². The van der Waals surface area contributed by atoms with E-state index in [1.54, 1.807) is 0 Å². The Morgan fingerprint density at radius 2 is 1.77 bits per heavy atom. The summed E-state index contributed by atoms with van der Waals surface area (Å²) in [5.41, 5.74) is -0.355. The second kappa shape index (κ2) is 3.76. The molecule has 0 N–H and O–H groups in total.